The summed E-state index contributed by atoms with van der Waals surface area (Å²) in [5.74, 6) is 0. The number of urea groups is 1. The number of unbranched alkanes of at least 4 members (excludes halogenated alkanes) is 1. The SMILES string of the molecule is CCCCNC(=O)NS(=O)(=O)C(C)S(=O)(=O)N1CCCC1. The number of carbonyl (C=O) groups excluding carboxylic acids is 1. The zero-order valence-electron chi connectivity index (χ0n) is 12.3. The molecule has 0 aromatic carbocycles. The highest BCUT2D eigenvalue weighted by molar-refractivity contribution is 8.07. The molecule has 2 amide bonds. The van der Waals surface area contributed by atoms with Crippen LogP contribution in [0.5, 0.6) is 0 Å². The van der Waals surface area contributed by atoms with E-state index in [2.05, 4.69) is 5.32 Å². The summed E-state index contributed by atoms with van der Waals surface area (Å²) in [7, 11) is -8.25. The first-order valence-corrected chi connectivity index (χ1v) is 10.0. The number of rotatable bonds is 7. The summed E-state index contributed by atoms with van der Waals surface area (Å²) in [6.45, 7) is 4.00. The van der Waals surface area contributed by atoms with Crippen LogP contribution < -0.4 is 10.0 Å². The Morgan fingerprint density at radius 1 is 1.19 bits per heavy atom. The van der Waals surface area contributed by atoms with Gasteiger partial charge in [0, 0.05) is 19.6 Å². The van der Waals surface area contributed by atoms with Gasteiger partial charge in [0.1, 0.15) is 0 Å². The Balaban J connectivity index is 2.70. The maximum Gasteiger partial charge on any atom is 0.328 e. The monoisotopic (exact) mass is 341 g/mol. The molecular formula is C11H23N3O5S2. The first-order chi connectivity index (χ1) is 9.71. The van der Waals surface area contributed by atoms with E-state index in [0.717, 1.165) is 36.9 Å². The highest BCUT2D eigenvalue weighted by Gasteiger charge is 2.39. The Bertz CT molecular complexity index is 552. The first kappa shape index (κ1) is 18.2. The highest BCUT2D eigenvalue weighted by Crippen LogP contribution is 2.19. The molecule has 1 saturated heterocycles. The average molecular weight is 341 g/mol. The minimum atomic E-state index is -4.28. The van der Waals surface area contributed by atoms with Crippen molar-refractivity contribution in [3.8, 4) is 0 Å². The first-order valence-electron chi connectivity index (χ1n) is 7.00. The average Bonchev–Trinajstić information content (AvgIpc) is 2.92. The molecule has 1 rings (SSSR count). The van der Waals surface area contributed by atoms with Crippen LogP contribution in [-0.2, 0) is 20.0 Å². The minimum Gasteiger partial charge on any atom is -0.337 e. The van der Waals surface area contributed by atoms with E-state index in [0.29, 0.717) is 19.6 Å². The van der Waals surface area contributed by atoms with Crippen LogP contribution >= 0.6 is 0 Å². The summed E-state index contributed by atoms with van der Waals surface area (Å²) in [4.78, 5) is 11.5. The Kier molecular flexibility index (Phi) is 6.41. The summed E-state index contributed by atoms with van der Waals surface area (Å²) in [6, 6.07) is -0.896. The van der Waals surface area contributed by atoms with Crippen LogP contribution in [0, 0.1) is 0 Å². The van der Waals surface area contributed by atoms with E-state index in [1.165, 1.54) is 0 Å². The lowest BCUT2D eigenvalue weighted by Crippen LogP contribution is -2.48. The lowest BCUT2D eigenvalue weighted by atomic mass is 10.3. The number of hydrogen-bond acceptors (Lipinski definition) is 5. The largest absolute Gasteiger partial charge is 0.337 e. The van der Waals surface area contributed by atoms with Gasteiger partial charge in [-0.25, -0.2) is 30.7 Å². The molecule has 0 bridgehead atoms. The smallest absolute Gasteiger partial charge is 0.328 e. The van der Waals surface area contributed by atoms with Crippen LogP contribution in [0.15, 0.2) is 0 Å². The number of carbonyl (C=O) groups is 1. The highest BCUT2D eigenvalue weighted by atomic mass is 32.3. The number of sulfonamides is 2. The molecule has 1 atom stereocenters. The predicted octanol–water partition coefficient (Wildman–Crippen LogP) is 0.187. The van der Waals surface area contributed by atoms with Crippen LogP contribution in [0.2, 0.25) is 0 Å². The molecule has 1 fully saturated rings. The third-order valence-electron chi connectivity index (χ3n) is 3.33. The van der Waals surface area contributed by atoms with Gasteiger partial charge in [-0.2, -0.15) is 0 Å². The zero-order valence-corrected chi connectivity index (χ0v) is 14.0. The van der Waals surface area contributed by atoms with Crippen molar-refractivity contribution >= 4 is 26.1 Å². The van der Waals surface area contributed by atoms with Gasteiger partial charge in [0.2, 0.25) is 10.0 Å². The second kappa shape index (κ2) is 7.41. The van der Waals surface area contributed by atoms with Crippen molar-refractivity contribution < 1.29 is 21.6 Å². The fourth-order valence-corrected chi connectivity index (χ4v) is 5.41. The molecule has 0 radical (unpaired) electrons. The van der Waals surface area contributed by atoms with Gasteiger partial charge >= 0.3 is 6.03 Å². The molecule has 1 aliphatic heterocycles. The van der Waals surface area contributed by atoms with Crippen molar-refractivity contribution in [2.24, 2.45) is 0 Å². The van der Waals surface area contributed by atoms with Crippen molar-refractivity contribution in [2.75, 3.05) is 19.6 Å². The van der Waals surface area contributed by atoms with Gasteiger partial charge in [-0.3, -0.25) is 0 Å². The Morgan fingerprint density at radius 3 is 2.29 bits per heavy atom. The second-order valence-corrected chi connectivity index (χ2v) is 9.53. The Hall–Kier alpha value is -0.870. The Labute approximate surface area is 126 Å². The van der Waals surface area contributed by atoms with Crippen molar-refractivity contribution in [1.82, 2.24) is 14.3 Å². The maximum atomic E-state index is 12.2. The number of nitrogens with one attached hydrogen (secondary N) is 2. The van der Waals surface area contributed by atoms with E-state index in [9.17, 15) is 21.6 Å². The molecule has 1 heterocycles. The van der Waals surface area contributed by atoms with E-state index in [-0.39, 0.29) is 0 Å². The molecule has 8 nitrogen and oxygen atoms in total. The van der Waals surface area contributed by atoms with Crippen molar-refractivity contribution in [3.63, 3.8) is 0 Å². The van der Waals surface area contributed by atoms with Gasteiger partial charge in [-0.05, 0) is 26.2 Å². The third kappa shape index (κ3) is 4.82. The molecule has 10 heteroatoms. The normalized spacial score (nSPS) is 18.4. The van der Waals surface area contributed by atoms with Crippen LogP contribution in [0.4, 0.5) is 4.79 Å². The van der Waals surface area contributed by atoms with Crippen LogP contribution in [-0.4, -0.2) is 51.4 Å². The molecule has 21 heavy (non-hydrogen) atoms. The Morgan fingerprint density at radius 2 is 1.76 bits per heavy atom. The van der Waals surface area contributed by atoms with Crippen LogP contribution in [0.25, 0.3) is 0 Å². The van der Waals surface area contributed by atoms with Gasteiger partial charge in [-0.1, -0.05) is 13.3 Å². The summed E-state index contributed by atoms with van der Waals surface area (Å²) >= 11 is 0. The standard InChI is InChI=1S/C11H23N3O5S2/c1-3-4-7-12-11(15)13-20(16,17)10(2)21(18,19)14-8-5-6-9-14/h10H,3-9H2,1-2H3,(H2,12,13,15). The zero-order chi connectivity index (χ0) is 16.1. The van der Waals surface area contributed by atoms with Gasteiger partial charge in [0.25, 0.3) is 10.0 Å². The van der Waals surface area contributed by atoms with Crippen LogP contribution in [0.3, 0.4) is 0 Å². The van der Waals surface area contributed by atoms with E-state index >= 15 is 0 Å². The summed E-state index contributed by atoms with van der Waals surface area (Å²) in [5, 5.41) is 2.38. The molecule has 2 N–H and O–H groups in total. The van der Waals surface area contributed by atoms with Crippen molar-refractivity contribution in [3.05, 3.63) is 0 Å². The predicted molar refractivity (Wildman–Crippen MR) is 79.6 cm³/mol. The number of amides is 2. The second-order valence-electron chi connectivity index (χ2n) is 4.98. The fraction of sp³-hybridized carbons (Fsp3) is 0.909. The number of nitrogens with zero attached hydrogens (tertiary/aromatic N) is 1. The molecule has 0 aromatic heterocycles. The molecule has 124 valence electrons. The molecule has 0 aromatic rings. The van der Waals surface area contributed by atoms with Crippen LogP contribution in [0.1, 0.15) is 39.5 Å². The molecular weight excluding hydrogens is 318 g/mol. The van der Waals surface area contributed by atoms with E-state index in [1.807, 2.05) is 6.92 Å². The topological polar surface area (TPSA) is 113 Å². The lowest BCUT2D eigenvalue weighted by molar-refractivity contribution is 0.245. The maximum absolute atomic E-state index is 12.2. The molecule has 0 spiro atoms. The van der Waals surface area contributed by atoms with E-state index in [1.54, 1.807) is 4.72 Å². The molecule has 1 unspecified atom stereocenters. The summed E-state index contributed by atoms with van der Waals surface area (Å²) in [6.07, 6.45) is 3.01. The van der Waals surface area contributed by atoms with E-state index in [4.69, 9.17) is 0 Å². The lowest BCUT2D eigenvalue weighted by Gasteiger charge is -2.21. The van der Waals surface area contributed by atoms with Gasteiger partial charge < -0.3 is 5.32 Å². The minimum absolute atomic E-state index is 0.324. The summed E-state index contributed by atoms with van der Waals surface area (Å²) < 4.78 is 49.6. The van der Waals surface area contributed by atoms with Crippen molar-refractivity contribution in [1.29, 1.82) is 0 Å². The van der Waals surface area contributed by atoms with E-state index < -0.39 is 30.7 Å². The summed E-state index contributed by atoms with van der Waals surface area (Å²) in [5.41, 5.74) is 0. The third-order valence-corrected chi connectivity index (χ3v) is 8.09. The quantitative estimate of drug-likeness (QED) is 0.642. The van der Waals surface area contributed by atoms with Crippen molar-refractivity contribution in [2.45, 2.75) is 44.1 Å². The van der Waals surface area contributed by atoms with Gasteiger partial charge in [0.15, 0.2) is 4.58 Å². The molecule has 0 aliphatic carbocycles. The number of hydrogen-bond donors (Lipinski definition) is 2. The molecule has 0 saturated carbocycles. The fourth-order valence-electron chi connectivity index (χ4n) is 1.94. The van der Waals surface area contributed by atoms with Gasteiger partial charge in [0.05, 0.1) is 0 Å². The molecule has 1 aliphatic rings. The van der Waals surface area contributed by atoms with Gasteiger partial charge in [-0.15, -0.1) is 0 Å².